The van der Waals surface area contributed by atoms with Crippen molar-refractivity contribution in [1.82, 2.24) is 19.7 Å². The van der Waals surface area contributed by atoms with Crippen molar-refractivity contribution >= 4 is 34.2 Å². The normalized spacial score (nSPS) is 10.7. The second kappa shape index (κ2) is 5.03. The van der Waals surface area contributed by atoms with Crippen molar-refractivity contribution < 1.29 is 0 Å². The van der Waals surface area contributed by atoms with Crippen LogP contribution in [0.15, 0.2) is 59.8 Å². The number of para-hydroxylation sites is 1. The molecule has 4 aromatic rings. The average Bonchev–Trinajstić information content (AvgIpc) is 2.86. The number of hydrogen-bond acceptors (Lipinski definition) is 3. The number of benzene rings is 1. The van der Waals surface area contributed by atoms with E-state index in [9.17, 15) is 4.79 Å². The van der Waals surface area contributed by atoms with Crippen LogP contribution in [0.5, 0.6) is 0 Å². The number of aromatic nitrogens is 4. The monoisotopic (exact) mass is 298 g/mol. The Morgan fingerprint density at radius 2 is 1.86 bits per heavy atom. The third-order valence-corrected chi connectivity index (χ3v) is 3.34. The number of H-pyrrole nitrogens is 1. The highest BCUT2D eigenvalue weighted by Gasteiger charge is 2.11. The first-order valence-corrected chi connectivity index (χ1v) is 6.23. The van der Waals surface area contributed by atoms with Gasteiger partial charge in [-0.2, -0.15) is 0 Å². The zero-order valence-corrected chi connectivity index (χ0v) is 11.7. The lowest BCUT2D eigenvalue weighted by Gasteiger charge is -1.99. The van der Waals surface area contributed by atoms with Crippen molar-refractivity contribution in [3.63, 3.8) is 0 Å². The number of nitrogens with zero attached hydrogens (tertiary/aromatic N) is 3. The Kier molecular flexibility index (Phi) is 3.19. The molecule has 0 aliphatic rings. The summed E-state index contributed by atoms with van der Waals surface area (Å²) in [6.45, 7) is 0. The van der Waals surface area contributed by atoms with E-state index in [-0.39, 0.29) is 18.0 Å². The Hall–Kier alpha value is -2.66. The van der Waals surface area contributed by atoms with Gasteiger partial charge in [-0.15, -0.1) is 12.4 Å². The molecule has 21 heavy (non-hydrogen) atoms. The topological polar surface area (TPSA) is 63.6 Å². The summed E-state index contributed by atoms with van der Waals surface area (Å²) in [5.41, 5.74) is 2.24. The molecule has 4 rings (SSSR count). The minimum absolute atomic E-state index is 0. The Morgan fingerprint density at radius 3 is 2.67 bits per heavy atom. The summed E-state index contributed by atoms with van der Waals surface area (Å²) in [5, 5.41) is 4.66. The molecule has 0 radical (unpaired) electrons. The van der Waals surface area contributed by atoms with Crippen LogP contribution in [0.2, 0.25) is 0 Å². The lowest BCUT2D eigenvalue weighted by Crippen LogP contribution is -2.14. The minimum atomic E-state index is -0.119. The van der Waals surface area contributed by atoms with Crippen LogP contribution in [-0.4, -0.2) is 19.7 Å². The third kappa shape index (κ3) is 1.98. The molecule has 0 unspecified atom stereocenters. The molecule has 0 saturated carbocycles. The molecule has 0 bridgehead atoms. The first-order chi connectivity index (χ1) is 9.84. The quantitative estimate of drug-likeness (QED) is 0.587. The standard InChI is InChI=1S/C15H10N4O.ClH/c20-15-12-9-17-13-6-2-1-5-11(13)14(12)18-19(15)10-4-3-7-16-8-10;/h1-9,18H;1H. The molecule has 6 heteroatoms. The van der Waals surface area contributed by atoms with Crippen LogP contribution < -0.4 is 5.56 Å². The van der Waals surface area contributed by atoms with E-state index in [4.69, 9.17) is 0 Å². The van der Waals surface area contributed by atoms with Crippen molar-refractivity contribution in [2.75, 3.05) is 0 Å². The van der Waals surface area contributed by atoms with Gasteiger partial charge in [0.1, 0.15) is 0 Å². The van der Waals surface area contributed by atoms with E-state index in [0.717, 1.165) is 16.4 Å². The second-order valence-electron chi connectivity index (χ2n) is 4.53. The zero-order chi connectivity index (χ0) is 13.5. The smallest absolute Gasteiger partial charge is 0.280 e. The molecular formula is C15H11ClN4O. The van der Waals surface area contributed by atoms with Gasteiger partial charge in [0.25, 0.3) is 5.56 Å². The van der Waals surface area contributed by atoms with Gasteiger partial charge >= 0.3 is 0 Å². The molecule has 3 heterocycles. The molecule has 1 N–H and O–H groups in total. The van der Waals surface area contributed by atoms with Gasteiger partial charge in [0.15, 0.2) is 0 Å². The van der Waals surface area contributed by atoms with Crippen LogP contribution in [0.3, 0.4) is 0 Å². The van der Waals surface area contributed by atoms with Gasteiger partial charge in [-0.3, -0.25) is 19.9 Å². The summed E-state index contributed by atoms with van der Waals surface area (Å²) in [5.74, 6) is 0. The van der Waals surface area contributed by atoms with Crippen molar-refractivity contribution in [2.45, 2.75) is 0 Å². The predicted octanol–water partition coefficient (Wildman–Crippen LogP) is 2.68. The highest BCUT2D eigenvalue weighted by atomic mass is 35.5. The largest absolute Gasteiger partial charge is 0.289 e. The fourth-order valence-corrected chi connectivity index (χ4v) is 2.37. The van der Waals surface area contributed by atoms with Crippen LogP contribution in [-0.2, 0) is 0 Å². The molecule has 104 valence electrons. The SMILES string of the molecule is Cl.O=c1c2cnc3ccccc3c2[nH]n1-c1cccnc1. The molecule has 3 aromatic heterocycles. The number of rotatable bonds is 1. The first kappa shape index (κ1) is 13.3. The van der Waals surface area contributed by atoms with Crippen LogP contribution in [0.1, 0.15) is 0 Å². The number of nitrogens with one attached hydrogen (secondary N) is 1. The Labute approximate surface area is 125 Å². The molecular weight excluding hydrogens is 288 g/mol. The third-order valence-electron chi connectivity index (χ3n) is 3.34. The maximum absolute atomic E-state index is 12.4. The molecule has 0 fully saturated rings. The number of hydrogen-bond donors (Lipinski definition) is 1. The number of pyridine rings is 2. The molecule has 0 aliphatic carbocycles. The molecule has 0 amide bonds. The van der Waals surface area contributed by atoms with Gasteiger partial charge in [0.2, 0.25) is 0 Å². The van der Waals surface area contributed by atoms with Crippen molar-refractivity contribution in [3.05, 3.63) is 65.3 Å². The highest BCUT2D eigenvalue weighted by molar-refractivity contribution is 6.02. The lowest BCUT2D eigenvalue weighted by molar-refractivity contribution is 0.858. The zero-order valence-electron chi connectivity index (χ0n) is 10.9. The van der Waals surface area contributed by atoms with Crippen LogP contribution >= 0.6 is 12.4 Å². The van der Waals surface area contributed by atoms with E-state index in [0.29, 0.717) is 11.1 Å². The molecule has 1 aromatic carbocycles. The van der Waals surface area contributed by atoms with Gasteiger partial charge in [-0.1, -0.05) is 18.2 Å². The molecule has 5 nitrogen and oxygen atoms in total. The lowest BCUT2D eigenvalue weighted by atomic mass is 10.2. The van der Waals surface area contributed by atoms with Crippen molar-refractivity contribution in [1.29, 1.82) is 0 Å². The highest BCUT2D eigenvalue weighted by Crippen LogP contribution is 2.20. The van der Waals surface area contributed by atoms with Crippen molar-refractivity contribution in [3.8, 4) is 5.69 Å². The van der Waals surface area contributed by atoms with Gasteiger partial charge in [-0.25, -0.2) is 4.68 Å². The summed E-state index contributed by atoms with van der Waals surface area (Å²) in [6.07, 6.45) is 4.93. The van der Waals surface area contributed by atoms with E-state index < -0.39 is 0 Å². The van der Waals surface area contributed by atoms with Crippen LogP contribution in [0.4, 0.5) is 0 Å². The fraction of sp³-hybridized carbons (Fsp3) is 0. The summed E-state index contributed by atoms with van der Waals surface area (Å²) < 4.78 is 1.49. The van der Waals surface area contributed by atoms with E-state index in [1.54, 1.807) is 24.7 Å². The summed E-state index contributed by atoms with van der Waals surface area (Å²) in [6, 6.07) is 11.4. The van der Waals surface area contributed by atoms with E-state index in [1.807, 2.05) is 30.3 Å². The number of aromatic amines is 1. The minimum Gasteiger partial charge on any atom is -0.289 e. The van der Waals surface area contributed by atoms with E-state index in [1.165, 1.54) is 4.68 Å². The van der Waals surface area contributed by atoms with Crippen molar-refractivity contribution in [2.24, 2.45) is 0 Å². The summed E-state index contributed by atoms with van der Waals surface area (Å²) in [4.78, 5) is 20.8. The fourth-order valence-electron chi connectivity index (χ4n) is 2.37. The molecule has 0 spiro atoms. The maximum Gasteiger partial charge on any atom is 0.280 e. The average molecular weight is 299 g/mol. The van der Waals surface area contributed by atoms with Gasteiger partial charge < -0.3 is 0 Å². The number of fused-ring (bicyclic) bond motifs is 3. The summed E-state index contributed by atoms with van der Waals surface area (Å²) in [7, 11) is 0. The maximum atomic E-state index is 12.4. The Bertz CT molecular complexity index is 975. The summed E-state index contributed by atoms with van der Waals surface area (Å²) >= 11 is 0. The first-order valence-electron chi connectivity index (χ1n) is 6.23. The van der Waals surface area contributed by atoms with Gasteiger partial charge in [0, 0.05) is 17.8 Å². The molecule has 0 saturated heterocycles. The van der Waals surface area contributed by atoms with Gasteiger partial charge in [0.05, 0.1) is 28.3 Å². The Morgan fingerprint density at radius 1 is 1.00 bits per heavy atom. The van der Waals surface area contributed by atoms with E-state index >= 15 is 0 Å². The van der Waals surface area contributed by atoms with Gasteiger partial charge in [-0.05, 0) is 18.2 Å². The number of halogens is 1. The van der Waals surface area contributed by atoms with Crippen LogP contribution in [0.25, 0.3) is 27.5 Å². The molecule has 0 atom stereocenters. The predicted molar refractivity (Wildman–Crippen MR) is 84.2 cm³/mol. The van der Waals surface area contributed by atoms with E-state index in [2.05, 4.69) is 15.1 Å². The van der Waals surface area contributed by atoms with Crippen LogP contribution in [0, 0.1) is 0 Å². The molecule has 0 aliphatic heterocycles. The second-order valence-corrected chi connectivity index (χ2v) is 4.53. The Balaban J connectivity index is 0.00000132.